The molecule has 0 aliphatic carbocycles. The summed E-state index contributed by atoms with van der Waals surface area (Å²) in [5.74, 6) is 1.84. The zero-order chi connectivity index (χ0) is 25.0. The maximum Gasteiger partial charge on any atom is 0.170 e. The molecule has 1 aromatic carbocycles. The highest BCUT2D eigenvalue weighted by Gasteiger charge is 2.36. The Bertz CT molecular complexity index is 1290. The van der Waals surface area contributed by atoms with Crippen molar-refractivity contribution in [3.8, 4) is 17.5 Å². The number of fused-ring (bicyclic) bond motifs is 1. The van der Waals surface area contributed by atoms with Gasteiger partial charge in [0.1, 0.15) is 17.7 Å². The first-order chi connectivity index (χ1) is 16.9. The summed E-state index contributed by atoms with van der Waals surface area (Å²) < 4.78 is 1.99. The molecule has 3 heterocycles. The van der Waals surface area contributed by atoms with Gasteiger partial charge in [0, 0.05) is 36.3 Å². The molecular weight excluding hydrogens is 481 g/mol. The van der Waals surface area contributed by atoms with Crippen LogP contribution >= 0.6 is 23.2 Å². The van der Waals surface area contributed by atoms with Gasteiger partial charge >= 0.3 is 0 Å². The van der Waals surface area contributed by atoms with E-state index in [0.717, 1.165) is 17.1 Å². The highest BCUT2D eigenvalue weighted by Crippen LogP contribution is 2.36. The molecule has 7 nitrogen and oxygen atoms in total. The topological polar surface area (TPSA) is 82.7 Å². The summed E-state index contributed by atoms with van der Waals surface area (Å²) in [6, 6.07) is 10.4. The van der Waals surface area contributed by atoms with E-state index in [4.69, 9.17) is 28.2 Å². The molecule has 35 heavy (non-hydrogen) atoms. The van der Waals surface area contributed by atoms with E-state index >= 15 is 0 Å². The number of allylic oxidation sites excluding steroid dienone is 4. The average Bonchev–Trinajstić information content (AvgIpc) is 3.24. The fourth-order valence-corrected chi connectivity index (χ4v) is 4.90. The van der Waals surface area contributed by atoms with Gasteiger partial charge in [-0.2, -0.15) is 5.26 Å². The van der Waals surface area contributed by atoms with E-state index in [1.807, 2.05) is 54.0 Å². The largest absolute Gasteiger partial charge is 0.354 e. The molecule has 1 fully saturated rings. The van der Waals surface area contributed by atoms with Crippen molar-refractivity contribution in [3.05, 3.63) is 53.8 Å². The summed E-state index contributed by atoms with van der Waals surface area (Å²) in [6.45, 7) is 7.48. The van der Waals surface area contributed by atoms with Crippen LogP contribution in [-0.2, 0) is 0 Å². The number of hydrogen-bond donors (Lipinski definition) is 1. The van der Waals surface area contributed by atoms with Crippen LogP contribution in [0.1, 0.15) is 33.6 Å². The number of nitriles is 1. The molecule has 0 bridgehead atoms. The number of piperidine rings is 1. The Kier molecular flexibility index (Phi) is 7.75. The predicted octanol–water partition coefficient (Wildman–Crippen LogP) is 5.66. The second-order valence-electron chi connectivity index (χ2n) is 8.87. The molecule has 4 rings (SSSR count). The fraction of sp³-hybridized carbons (Fsp3) is 0.385. The highest BCUT2D eigenvalue weighted by molar-refractivity contribution is 6.33. The summed E-state index contributed by atoms with van der Waals surface area (Å²) in [5, 5.41) is 13.9. The molecule has 0 amide bonds. The molecule has 3 aromatic rings. The number of rotatable bonds is 7. The van der Waals surface area contributed by atoms with Crippen LogP contribution in [0.3, 0.4) is 0 Å². The van der Waals surface area contributed by atoms with Gasteiger partial charge in [-0.1, -0.05) is 35.9 Å². The van der Waals surface area contributed by atoms with E-state index in [1.54, 1.807) is 6.33 Å². The number of hydrogen-bond acceptors (Lipinski definition) is 6. The fourth-order valence-electron chi connectivity index (χ4n) is 4.59. The van der Waals surface area contributed by atoms with Crippen LogP contribution in [0.4, 0.5) is 5.82 Å². The highest BCUT2D eigenvalue weighted by atomic mass is 35.5. The molecule has 1 aliphatic rings. The number of alkyl halides is 1. The van der Waals surface area contributed by atoms with Crippen LogP contribution in [-0.4, -0.2) is 50.1 Å². The zero-order valence-electron chi connectivity index (χ0n) is 20.2. The third-order valence-electron chi connectivity index (χ3n) is 6.17. The summed E-state index contributed by atoms with van der Waals surface area (Å²) in [7, 11) is 0. The van der Waals surface area contributed by atoms with Crippen molar-refractivity contribution in [1.82, 2.24) is 24.8 Å². The van der Waals surface area contributed by atoms with E-state index in [9.17, 15) is 5.26 Å². The normalized spacial score (nSPS) is 16.4. The number of imidazole rings is 1. The van der Waals surface area contributed by atoms with Crippen molar-refractivity contribution in [1.29, 1.82) is 5.26 Å². The molecule has 9 heteroatoms. The Labute approximate surface area is 216 Å². The minimum absolute atomic E-state index is 0.237. The van der Waals surface area contributed by atoms with E-state index in [-0.39, 0.29) is 6.04 Å². The minimum atomic E-state index is -0.524. The van der Waals surface area contributed by atoms with Crippen LogP contribution in [0, 0.1) is 11.3 Å². The second-order valence-corrected chi connectivity index (χ2v) is 9.59. The molecule has 1 aliphatic heterocycles. The first-order valence-electron chi connectivity index (χ1n) is 11.7. The minimum Gasteiger partial charge on any atom is -0.354 e. The summed E-state index contributed by atoms with van der Waals surface area (Å²) in [4.78, 5) is 16.5. The van der Waals surface area contributed by atoms with Gasteiger partial charge in [-0.05, 0) is 51.8 Å². The van der Waals surface area contributed by atoms with Crippen molar-refractivity contribution < 1.29 is 0 Å². The third kappa shape index (κ3) is 5.06. The van der Waals surface area contributed by atoms with Crippen molar-refractivity contribution in [3.63, 3.8) is 0 Å². The lowest BCUT2D eigenvalue weighted by atomic mass is 9.88. The lowest BCUT2D eigenvalue weighted by Crippen LogP contribution is -2.54. The maximum atomic E-state index is 9.86. The molecule has 182 valence electrons. The van der Waals surface area contributed by atoms with Gasteiger partial charge in [0.2, 0.25) is 0 Å². The molecule has 0 unspecified atom stereocenters. The lowest BCUT2D eigenvalue weighted by Gasteiger charge is -2.39. The van der Waals surface area contributed by atoms with Gasteiger partial charge < -0.3 is 4.90 Å². The van der Waals surface area contributed by atoms with Gasteiger partial charge in [0.15, 0.2) is 17.0 Å². The average molecular weight is 510 g/mol. The summed E-state index contributed by atoms with van der Waals surface area (Å²) in [6.07, 6.45) is 8.80. The van der Waals surface area contributed by atoms with Gasteiger partial charge in [-0.3, -0.25) is 9.88 Å². The number of benzene rings is 1. The van der Waals surface area contributed by atoms with Gasteiger partial charge in [-0.25, -0.2) is 15.0 Å². The standard InChI is InChI=1S/C26H29Cl2N7/c1-4-19(8-7-13-27)35-23(20-9-5-6-10-21(20)28)32-22-24(30-17-31-25(22)35)34-14-11-26(16-29,12-15-34)33-18(2)3/h4-10,17-18,33H,11-15H2,1-3H3/b8-7-,19-4+. The van der Waals surface area contributed by atoms with E-state index < -0.39 is 5.54 Å². The SMILES string of the molecule is C/C=C(\C=C/CCl)n1c(-c2ccccc2Cl)nc2c(N3CCC(C#N)(NC(C)C)CC3)ncnc21. The zero-order valence-corrected chi connectivity index (χ0v) is 21.7. The van der Waals surface area contributed by atoms with Crippen molar-refractivity contribution in [2.75, 3.05) is 23.9 Å². The van der Waals surface area contributed by atoms with Crippen LogP contribution in [0.25, 0.3) is 28.2 Å². The number of nitrogens with zero attached hydrogens (tertiary/aromatic N) is 6. The molecule has 1 N–H and O–H groups in total. The molecule has 2 aromatic heterocycles. The molecule has 0 radical (unpaired) electrons. The number of halogens is 2. The molecule has 1 saturated heterocycles. The van der Waals surface area contributed by atoms with Gasteiger partial charge in [0.25, 0.3) is 0 Å². The number of anilines is 1. The maximum absolute atomic E-state index is 9.86. The van der Waals surface area contributed by atoms with Crippen LogP contribution < -0.4 is 10.2 Å². The van der Waals surface area contributed by atoms with Crippen molar-refractivity contribution in [2.24, 2.45) is 0 Å². The van der Waals surface area contributed by atoms with E-state index in [2.05, 4.69) is 40.1 Å². The van der Waals surface area contributed by atoms with Crippen LogP contribution in [0.2, 0.25) is 5.02 Å². The van der Waals surface area contributed by atoms with E-state index in [0.29, 0.717) is 53.8 Å². The summed E-state index contributed by atoms with van der Waals surface area (Å²) in [5.41, 5.74) is 2.55. The Balaban J connectivity index is 1.83. The van der Waals surface area contributed by atoms with Crippen LogP contribution in [0.5, 0.6) is 0 Å². The summed E-state index contributed by atoms with van der Waals surface area (Å²) >= 11 is 12.5. The lowest BCUT2D eigenvalue weighted by molar-refractivity contribution is 0.309. The first kappa shape index (κ1) is 25.2. The van der Waals surface area contributed by atoms with Gasteiger partial charge in [-0.15, -0.1) is 11.6 Å². The smallest absolute Gasteiger partial charge is 0.170 e. The predicted molar refractivity (Wildman–Crippen MR) is 144 cm³/mol. The molecular formula is C26H29Cl2N7. The molecule has 0 atom stereocenters. The third-order valence-corrected chi connectivity index (χ3v) is 6.67. The van der Waals surface area contributed by atoms with Gasteiger partial charge in [0.05, 0.1) is 11.1 Å². The van der Waals surface area contributed by atoms with Crippen molar-refractivity contribution in [2.45, 2.75) is 45.2 Å². The Morgan fingerprint density at radius 3 is 2.63 bits per heavy atom. The quantitative estimate of drug-likeness (QED) is 0.326. The van der Waals surface area contributed by atoms with Crippen molar-refractivity contribution >= 4 is 45.9 Å². The monoisotopic (exact) mass is 509 g/mol. The number of nitrogens with one attached hydrogen (secondary N) is 1. The Hall–Kier alpha value is -2.92. The molecule has 0 saturated carbocycles. The first-order valence-corrected chi connectivity index (χ1v) is 12.7. The molecule has 0 spiro atoms. The van der Waals surface area contributed by atoms with Crippen LogP contribution in [0.15, 0.2) is 48.8 Å². The number of aromatic nitrogens is 4. The Morgan fingerprint density at radius 2 is 2.00 bits per heavy atom. The Morgan fingerprint density at radius 1 is 1.26 bits per heavy atom. The second kappa shape index (κ2) is 10.8. The van der Waals surface area contributed by atoms with E-state index in [1.165, 1.54) is 0 Å².